The lowest BCUT2D eigenvalue weighted by Gasteiger charge is -2.29. The number of amides is 2. The van der Waals surface area contributed by atoms with Gasteiger partial charge < -0.3 is 20.1 Å². The Kier molecular flexibility index (Phi) is 5.91. The predicted octanol–water partition coefficient (Wildman–Crippen LogP) is -0.492. The van der Waals surface area contributed by atoms with E-state index in [0.29, 0.717) is 18.8 Å². The van der Waals surface area contributed by atoms with Gasteiger partial charge in [-0.15, -0.1) is 0 Å². The van der Waals surface area contributed by atoms with Gasteiger partial charge in [0, 0.05) is 24.3 Å². The zero-order valence-corrected chi connectivity index (χ0v) is 12.9. The SMILES string of the molecule is CC(O)C(NC(=O)c1ccc(N2CCOCC2)cc1)C(=O)NO. The molecular formula is C15H21N3O5. The summed E-state index contributed by atoms with van der Waals surface area (Å²) in [4.78, 5) is 25.7. The summed E-state index contributed by atoms with van der Waals surface area (Å²) >= 11 is 0. The van der Waals surface area contributed by atoms with Crippen molar-refractivity contribution in [3.63, 3.8) is 0 Å². The van der Waals surface area contributed by atoms with E-state index >= 15 is 0 Å². The molecule has 8 heteroatoms. The number of nitrogens with one attached hydrogen (secondary N) is 2. The van der Waals surface area contributed by atoms with E-state index in [1.54, 1.807) is 12.1 Å². The number of rotatable bonds is 5. The van der Waals surface area contributed by atoms with Crippen LogP contribution in [-0.4, -0.2) is 60.6 Å². The van der Waals surface area contributed by atoms with Crippen molar-refractivity contribution in [3.8, 4) is 0 Å². The van der Waals surface area contributed by atoms with Gasteiger partial charge in [0.05, 0.1) is 19.3 Å². The van der Waals surface area contributed by atoms with Gasteiger partial charge in [-0.3, -0.25) is 14.8 Å². The minimum Gasteiger partial charge on any atom is -0.391 e. The Labute approximate surface area is 134 Å². The van der Waals surface area contributed by atoms with E-state index in [0.717, 1.165) is 18.8 Å². The minimum atomic E-state index is -1.23. The topological polar surface area (TPSA) is 111 Å². The molecule has 4 N–H and O–H groups in total. The van der Waals surface area contributed by atoms with Crippen LogP contribution in [0.3, 0.4) is 0 Å². The van der Waals surface area contributed by atoms with Crippen molar-refractivity contribution in [2.24, 2.45) is 0 Å². The number of morpholine rings is 1. The molecule has 0 bridgehead atoms. The number of carbonyl (C=O) groups is 2. The molecule has 0 aromatic heterocycles. The van der Waals surface area contributed by atoms with Gasteiger partial charge in [-0.2, -0.15) is 0 Å². The third kappa shape index (κ3) is 4.41. The molecule has 1 aromatic rings. The lowest BCUT2D eigenvalue weighted by Crippen LogP contribution is -2.51. The zero-order chi connectivity index (χ0) is 16.8. The molecule has 2 rings (SSSR count). The first-order chi connectivity index (χ1) is 11.0. The average molecular weight is 323 g/mol. The zero-order valence-electron chi connectivity index (χ0n) is 12.9. The van der Waals surface area contributed by atoms with Crippen molar-refractivity contribution in [1.82, 2.24) is 10.8 Å². The number of anilines is 1. The third-order valence-electron chi connectivity index (χ3n) is 3.67. The van der Waals surface area contributed by atoms with Crippen LogP contribution >= 0.6 is 0 Å². The molecule has 1 heterocycles. The van der Waals surface area contributed by atoms with E-state index in [1.165, 1.54) is 12.4 Å². The van der Waals surface area contributed by atoms with Gasteiger partial charge >= 0.3 is 0 Å². The molecular weight excluding hydrogens is 302 g/mol. The van der Waals surface area contributed by atoms with Crippen LogP contribution in [0.5, 0.6) is 0 Å². The van der Waals surface area contributed by atoms with Gasteiger partial charge in [-0.25, -0.2) is 5.48 Å². The molecule has 1 aliphatic heterocycles. The average Bonchev–Trinajstić information content (AvgIpc) is 2.59. The fraction of sp³-hybridized carbons (Fsp3) is 0.467. The Morgan fingerprint density at radius 1 is 1.22 bits per heavy atom. The summed E-state index contributed by atoms with van der Waals surface area (Å²) in [5.74, 6) is -1.38. The number of aliphatic hydroxyl groups excluding tert-OH is 1. The fourth-order valence-electron chi connectivity index (χ4n) is 2.34. The monoisotopic (exact) mass is 323 g/mol. The van der Waals surface area contributed by atoms with Crippen molar-refractivity contribution in [1.29, 1.82) is 0 Å². The normalized spacial score (nSPS) is 17.3. The van der Waals surface area contributed by atoms with Crippen LogP contribution in [0.4, 0.5) is 5.69 Å². The highest BCUT2D eigenvalue weighted by molar-refractivity contribution is 5.97. The molecule has 8 nitrogen and oxygen atoms in total. The minimum absolute atomic E-state index is 0.360. The van der Waals surface area contributed by atoms with Gasteiger partial charge in [0.15, 0.2) is 0 Å². The molecule has 1 fully saturated rings. The quantitative estimate of drug-likeness (QED) is 0.430. The summed E-state index contributed by atoms with van der Waals surface area (Å²) in [6.45, 7) is 4.30. The van der Waals surface area contributed by atoms with Crippen molar-refractivity contribution < 1.29 is 24.6 Å². The Morgan fingerprint density at radius 2 is 1.83 bits per heavy atom. The van der Waals surface area contributed by atoms with E-state index in [1.807, 2.05) is 12.1 Å². The molecule has 0 radical (unpaired) electrons. The summed E-state index contributed by atoms with van der Waals surface area (Å²) in [5.41, 5.74) is 2.77. The summed E-state index contributed by atoms with van der Waals surface area (Å²) in [6, 6.07) is 5.71. The van der Waals surface area contributed by atoms with Gasteiger partial charge in [0.25, 0.3) is 11.8 Å². The fourth-order valence-corrected chi connectivity index (χ4v) is 2.34. The van der Waals surface area contributed by atoms with Crippen LogP contribution in [0.2, 0.25) is 0 Å². The number of ether oxygens (including phenoxy) is 1. The van der Waals surface area contributed by atoms with Crippen LogP contribution in [0.25, 0.3) is 0 Å². The Hall–Kier alpha value is -2.16. The van der Waals surface area contributed by atoms with Crippen LogP contribution in [0.15, 0.2) is 24.3 Å². The number of benzene rings is 1. The van der Waals surface area contributed by atoms with E-state index in [2.05, 4.69) is 10.2 Å². The number of hydrogen-bond donors (Lipinski definition) is 4. The van der Waals surface area contributed by atoms with Crippen LogP contribution in [0, 0.1) is 0 Å². The second-order valence-corrected chi connectivity index (χ2v) is 5.31. The molecule has 2 amide bonds. The molecule has 2 atom stereocenters. The van der Waals surface area contributed by atoms with E-state index in [4.69, 9.17) is 9.94 Å². The second kappa shape index (κ2) is 7.91. The predicted molar refractivity (Wildman–Crippen MR) is 82.3 cm³/mol. The molecule has 1 aliphatic rings. The lowest BCUT2D eigenvalue weighted by molar-refractivity contribution is -0.133. The number of nitrogens with zero attached hydrogens (tertiary/aromatic N) is 1. The largest absolute Gasteiger partial charge is 0.391 e. The van der Waals surface area contributed by atoms with Gasteiger partial charge in [0.2, 0.25) is 0 Å². The maximum atomic E-state index is 12.2. The van der Waals surface area contributed by atoms with Crippen LogP contribution < -0.4 is 15.7 Å². The van der Waals surface area contributed by atoms with Crippen molar-refractivity contribution in [2.75, 3.05) is 31.2 Å². The molecule has 1 saturated heterocycles. The van der Waals surface area contributed by atoms with Crippen molar-refractivity contribution in [3.05, 3.63) is 29.8 Å². The van der Waals surface area contributed by atoms with Gasteiger partial charge in [-0.05, 0) is 31.2 Å². The van der Waals surface area contributed by atoms with E-state index in [9.17, 15) is 14.7 Å². The van der Waals surface area contributed by atoms with Crippen LogP contribution in [0.1, 0.15) is 17.3 Å². The smallest absolute Gasteiger partial charge is 0.268 e. The molecule has 0 spiro atoms. The highest BCUT2D eigenvalue weighted by Crippen LogP contribution is 2.16. The van der Waals surface area contributed by atoms with Gasteiger partial charge in [0.1, 0.15) is 6.04 Å². The number of hydroxylamine groups is 1. The number of carbonyl (C=O) groups excluding carboxylic acids is 2. The lowest BCUT2D eigenvalue weighted by atomic mass is 10.1. The molecule has 2 unspecified atom stereocenters. The van der Waals surface area contributed by atoms with Crippen molar-refractivity contribution in [2.45, 2.75) is 19.1 Å². The highest BCUT2D eigenvalue weighted by Gasteiger charge is 2.25. The molecule has 1 aromatic carbocycles. The Morgan fingerprint density at radius 3 is 2.35 bits per heavy atom. The molecule has 0 aliphatic carbocycles. The number of hydrogen-bond acceptors (Lipinski definition) is 6. The summed E-state index contributed by atoms with van der Waals surface area (Å²) in [6.07, 6.45) is -1.14. The first-order valence-electron chi connectivity index (χ1n) is 7.38. The number of aliphatic hydroxyl groups is 1. The Bertz CT molecular complexity index is 541. The maximum Gasteiger partial charge on any atom is 0.268 e. The summed E-state index contributed by atoms with van der Waals surface area (Å²) < 4.78 is 5.29. The Balaban J connectivity index is 2.03. The summed E-state index contributed by atoms with van der Waals surface area (Å²) in [5, 5.41) is 20.5. The third-order valence-corrected chi connectivity index (χ3v) is 3.67. The van der Waals surface area contributed by atoms with Gasteiger partial charge in [-0.1, -0.05) is 0 Å². The standard InChI is InChI=1S/C15H21N3O5/c1-10(19)13(15(21)17-22)16-14(20)11-2-4-12(5-3-11)18-6-8-23-9-7-18/h2-5,10,13,19,22H,6-9H2,1H3,(H,16,20)(H,17,21). The van der Waals surface area contributed by atoms with E-state index < -0.39 is 24.0 Å². The van der Waals surface area contributed by atoms with Crippen LogP contribution in [-0.2, 0) is 9.53 Å². The van der Waals surface area contributed by atoms with Crippen molar-refractivity contribution >= 4 is 17.5 Å². The maximum absolute atomic E-state index is 12.2. The summed E-state index contributed by atoms with van der Waals surface area (Å²) in [7, 11) is 0. The first kappa shape index (κ1) is 17.2. The first-order valence-corrected chi connectivity index (χ1v) is 7.38. The molecule has 23 heavy (non-hydrogen) atoms. The molecule has 0 saturated carbocycles. The second-order valence-electron chi connectivity index (χ2n) is 5.31. The van der Waals surface area contributed by atoms with E-state index in [-0.39, 0.29) is 0 Å². The molecule has 126 valence electrons. The highest BCUT2D eigenvalue weighted by atomic mass is 16.5.